The number of aliphatic imine (C=N–C) groups is 4. The molecule has 0 unspecified atom stereocenters. The average molecular weight is 1580 g/mol. The summed E-state index contributed by atoms with van der Waals surface area (Å²) in [5.41, 5.74) is 27.8. The molecule has 4 aliphatic heterocycles. The Bertz CT molecular complexity index is 6000. The predicted molar refractivity (Wildman–Crippen MR) is 436 cm³/mol. The van der Waals surface area contributed by atoms with Gasteiger partial charge in [-0.15, -0.1) is 0 Å². The molecule has 8 aromatic carbocycles. The minimum atomic E-state index is -0.556. The number of aryl methyl sites for hydroxylation is 5. The second-order valence-electron chi connectivity index (χ2n) is 28.5. The lowest BCUT2D eigenvalue weighted by atomic mass is 9.90. The molecule has 13 aromatic rings. The van der Waals surface area contributed by atoms with Gasteiger partial charge in [-0.3, -0.25) is 39.1 Å². The van der Waals surface area contributed by atoms with Gasteiger partial charge in [0.1, 0.15) is 70.6 Å². The van der Waals surface area contributed by atoms with Gasteiger partial charge in [0.2, 0.25) is 0 Å². The van der Waals surface area contributed by atoms with Crippen LogP contribution in [0, 0.1) is 58.6 Å². The first kappa shape index (κ1) is 78.5. The van der Waals surface area contributed by atoms with Crippen LogP contribution < -0.4 is 5.73 Å². The number of benzene rings is 8. The number of nitrogen functional groups attached to an aromatic ring is 1. The predicted octanol–water partition coefficient (Wildman–Crippen LogP) is 21.3. The Kier molecular flexibility index (Phi) is 22.7. The molecule has 5 aromatic heterocycles. The lowest BCUT2D eigenvalue weighted by Gasteiger charge is -2.14. The van der Waals surface area contributed by atoms with Crippen LogP contribution in [0.3, 0.4) is 0 Å². The molecule has 0 radical (unpaired) electrons. The van der Waals surface area contributed by atoms with E-state index in [4.69, 9.17) is 73.6 Å². The molecule has 19 nitrogen and oxygen atoms in total. The summed E-state index contributed by atoms with van der Waals surface area (Å²) in [6.45, 7) is 22.7. The van der Waals surface area contributed by atoms with Crippen molar-refractivity contribution >= 4 is 80.7 Å². The number of Topliss-reactive ketones (excluding diaryl/α,β-unsaturated/α-hetero) is 4. The number of ketones is 4. The van der Waals surface area contributed by atoms with Crippen molar-refractivity contribution in [2.45, 2.75) is 112 Å². The molecule has 0 saturated carbocycles. The molecule has 0 fully saturated rings. The lowest BCUT2D eigenvalue weighted by molar-refractivity contribution is -0.118. The van der Waals surface area contributed by atoms with Gasteiger partial charge in [-0.1, -0.05) is 140 Å². The molecule has 4 aliphatic rings. The summed E-state index contributed by atoms with van der Waals surface area (Å²) in [5.74, 6) is 1.62. The number of nitrogens with zero attached hydrogens (tertiary/aromatic N) is 10. The fourth-order valence-electron chi connectivity index (χ4n) is 14.6. The number of aromatic nitrogens is 5. The van der Waals surface area contributed by atoms with Crippen LogP contribution in [-0.4, -0.2) is 71.6 Å². The van der Waals surface area contributed by atoms with Gasteiger partial charge in [-0.2, -0.15) is 0 Å². The number of fused-ring (bicyclic) bond motifs is 12. The van der Waals surface area contributed by atoms with Crippen LogP contribution in [0.5, 0.6) is 0 Å². The minimum Gasteiger partial charge on any atom is -0.384 e. The molecule has 0 spiro atoms. The van der Waals surface area contributed by atoms with Crippen molar-refractivity contribution in [2.75, 3.05) is 5.73 Å². The second kappa shape index (κ2) is 33.2. The molecular formula is C91H72Cl2F3N11O8. The van der Waals surface area contributed by atoms with Crippen LogP contribution >= 0.6 is 23.2 Å². The molecule has 2 N–H and O–H groups in total. The minimum absolute atomic E-state index is 0.00815. The van der Waals surface area contributed by atoms with E-state index in [1.165, 1.54) is 62.7 Å². The summed E-state index contributed by atoms with van der Waals surface area (Å²) in [7, 11) is 0. The van der Waals surface area contributed by atoms with Gasteiger partial charge in [-0.25, -0.2) is 23.0 Å². The zero-order valence-corrected chi connectivity index (χ0v) is 65.3. The molecule has 24 heteroatoms. The normalized spacial score (nSPS) is 15.2. The zero-order chi connectivity index (χ0) is 81.2. The van der Waals surface area contributed by atoms with Gasteiger partial charge in [0.15, 0.2) is 28.7 Å². The van der Waals surface area contributed by atoms with E-state index in [0.29, 0.717) is 84.2 Å². The summed E-state index contributed by atoms with van der Waals surface area (Å²) >= 11 is 12.3. The third kappa shape index (κ3) is 16.7. The Balaban J connectivity index is 0.000000127. The third-order valence-corrected chi connectivity index (χ3v) is 20.3. The van der Waals surface area contributed by atoms with Crippen molar-refractivity contribution in [3.8, 4) is 55.6 Å². The topological polar surface area (TPSA) is 265 Å². The van der Waals surface area contributed by atoms with Crippen molar-refractivity contribution in [2.24, 2.45) is 20.0 Å². The highest BCUT2D eigenvalue weighted by molar-refractivity contribution is 6.32. The molecule has 17 rings (SSSR count). The summed E-state index contributed by atoms with van der Waals surface area (Å²) < 4.78 is 64.1. The first-order chi connectivity index (χ1) is 55.2. The van der Waals surface area contributed by atoms with Crippen molar-refractivity contribution in [3.05, 3.63) is 323 Å². The largest absolute Gasteiger partial charge is 0.384 e. The van der Waals surface area contributed by atoms with E-state index in [0.717, 1.165) is 106 Å². The van der Waals surface area contributed by atoms with Gasteiger partial charge < -0.3 is 23.8 Å². The second-order valence-corrected chi connectivity index (χ2v) is 29.3. The van der Waals surface area contributed by atoms with E-state index in [-0.39, 0.29) is 66.3 Å². The SMILES string of the molecule is CC(=O)C[C@@H]1N=C(c2ccc(C)cc2)c2cc(-c3ccc(N)nc3)ccc2-c2c(C)noc21.CC(=O)C[C@@H]1N=C(c2ccc(Cl)cc2)c2cc(F)ccc2-c2c(C)noc21.CC(=O)C[C@@H]1N=C(c2ccc(F)cc2)c2cc(Cl)ccc2-c2c(C)noc21.[C-]#[N+]c1ccc(C2=N[C@@H](CC(C)=O)c3onc(C)c3-c3ccc(F)cc32)cc1. The number of nitrogens with two attached hydrogens (primary N) is 1. The highest BCUT2D eigenvalue weighted by Crippen LogP contribution is 2.47. The molecule has 0 saturated heterocycles. The van der Waals surface area contributed by atoms with E-state index >= 15 is 0 Å². The monoisotopic (exact) mass is 1570 g/mol. The van der Waals surface area contributed by atoms with E-state index in [1.54, 1.807) is 85.9 Å². The quantitative estimate of drug-likeness (QED) is 0.105. The molecule has 9 heterocycles. The van der Waals surface area contributed by atoms with Gasteiger partial charge in [0.05, 0.1) is 74.4 Å². The fraction of sp³-hybridized carbons (Fsp3) is 0.187. The Hall–Kier alpha value is -13.2. The molecule has 4 atom stereocenters. The van der Waals surface area contributed by atoms with E-state index in [1.807, 2.05) is 58.0 Å². The van der Waals surface area contributed by atoms with Crippen LogP contribution in [0.2, 0.25) is 10.0 Å². The molecule has 574 valence electrons. The van der Waals surface area contributed by atoms with Gasteiger partial charge in [0, 0.05) is 86.4 Å². The number of anilines is 1. The highest BCUT2D eigenvalue weighted by atomic mass is 35.5. The maximum absolute atomic E-state index is 14.2. The maximum Gasteiger partial charge on any atom is 0.187 e. The number of carbonyl (C=O) groups is 4. The van der Waals surface area contributed by atoms with Crippen LogP contribution in [-0.2, 0) is 19.2 Å². The molecule has 0 amide bonds. The Labute approximate surface area is 669 Å². The van der Waals surface area contributed by atoms with Crippen LogP contribution in [0.4, 0.5) is 24.7 Å². The van der Waals surface area contributed by atoms with Crippen molar-refractivity contribution in [3.63, 3.8) is 0 Å². The van der Waals surface area contributed by atoms with E-state index in [2.05, 4.69) is 79.8 Å². The lowest BCUT2D eigenvalue weighted by Crippen LogP contribution is -2.08. The first-order valence-electron chi connectivity index (χ1n) is 36.7. The maximum atomic E-state index is 14.2. The van der Waals surface area contributed by atoms with Crippen molar-refractivity contribution < 1.29 is 50.4 Å². The van der Waals surface area contributed by atoms with Crippen LogP contribution in [0.25, 0.3) is 60.5 Å². The third-order valence-electron chi connectivity index (χ3n) is 19.8. The number of hydrogen-bond donors (Lipinski definition) is 1. The Morgan fingerprint density at radius 1 is 0.374 bits per heavy atom. The molecule has 0 bridgehead atoms. The summed E-state index contributed by atoms with van der Waals surface area (Å²) in [6, 6.07) is 51.1. The summed E-state index contributed by atoms with van der Waals surface area (Å²) in [4.78, 5) is 74.9. The Morgan fingerprint density at radius 2 is 0.678 bits per heavy atom. The molecule has 115 heavy (non-hydrogen) atoms. The molecule has 0 aliphatic carbocycles. The number of carbonyl (C=O) groups excluding carboxylic acids is 4. The van der Waals surface area contributed by atoms with Gasteiger partial charge >= 0.3 is 0 Å². The highest BCUT2D eigenvalue weighted by Gasteiger charge is 2.37. The Morgan fingerprint density at radius 3 is 1.04 bits per heavy atom. The van der Waals surface area contributed by atoms with Crippen LogP contribution in [0.15, 0.2) is 226 Å². The standard InChI is InChI=1S/C27H24N4O2.C22H16FN3O2.2C21H16ClFN2O2/c1-15-4-6-18(7-5-15)26-22-13-19(20-9-11-24(28)29-14-20)8-10-21(22)25-17(3)31-33-27(25)23(30-26)12-16(2)32;1-12(27)10-19-22-20(13(2)26-28-22)17-9-6-15(23)11-18(17)21(25-19)14-4-7-16(24-3)8-5-14;1-11(26)9-18-21-19(12(2)25-27-21)16-8-5-14(22)10-17(16)20(24-18)13-3-6-15(23)7-4-13;1-11(26)9-18-21-19(12(2)25-27-21)16-8-7-15(23)10-17(16)20(24-18)13-3-5-14(22)6-4-13/h4-11,13-14,23H,12H2,1-3H3,(H2,28,29);4-9,11,19H,10H2,1-2H3;2*3-8,10,18H,9H2,1-2H3/t23-;19-;2*18-/m0000/s1. The summed E-state index contributed by atoms with van der Waals surface area (Å²) in [6.07, 6.45) is 2.54. The smallest absolute Gasteiger partial charge is 0.187 e. The van der Waals surface area contributed by atoms with Crippen molar-refractivity contribution in [1.29, 1.82) is 0 Å². The number of halogens is 5. The fourth-order valence-corrected chi connectivity index (χ4v) is 14.9. The molecular weight excluding hydrogens is 1500 g/mol. The zero-order valence-electron chi connectivity index (χ0n) is 63.7. The number of hydrogen-bond acceptors (Lipinski definition) is 18. The summed E-state index contributed by atoms with van der Waals surface area (Å²) in [5, 5.41) is 17.6. The van der Waals surface area contributed by atoms with E-state index < -0.39 is 24.2 Å². The van der Waals surface area contributed by atoms with Crippen LogP contribution in [0.1, 0.15) is 173 Å². The first-order valence-corrected chi connectivity index (χ1v) is 37.5. The number of rotatable bonds is 13. The van der Waals surface area contributed by atoms with Crippen molar-refractivity contribution in [1.82, 2.24) is 25.6 Å². The number of pyridine rings is 1. The van der Waals surface area contributed by atoms with E-state index in [9.17, 15) is 32.3 Å². The average Bonchev–Trinajstić information content (AvgIpc) is 1.64. The van der Waals surface area contributed by atoms with Gasteiger partial charge in [-0.05, 0) is 187 Å². The van der Waals surface area contributed by atoms with Gasteiger partial charge in [0.25, 0.3) is 0 Å².